The Hall–Kier alpha value is -3.00. The van der Waals surface area contributed by atoms with Crippen molar-refractivity contribution in [2.24, 2.45) is 0 Å². The molecular weight excluding hydrogens is 462 g/mol. The number of aliphatic carboxylic acids is 1. The van der Waals surface area contributed by atoms with Crippen molar-refractivity contribution in [3.63, 3.8) is 0 Å². The van der Waals surface area contributed by atoms with E-state index in [-0.39, 0.29) is 6.61 Å². The summed E-state index contributed by atoms with van der Waals surface area (Å²) in [5.74, 6) is 0.450. The predicted molar refractivity (Wildman–Crippen MR) is 138 cm³/mol. The first-order valence-electron chi connectivity index (χ1n) is 11.8. The molecule has 0 saturated carbocycles. The molecule has 1 aliphatic rings. The van der Waals surface area contributed by atoms with Crippen LogP contribution in [0, 0.1) is 6.92 Å². The third kappa shape index (κ3) is 7.75. The number of ether oxygens (including phenoxy) is 3. The lowest BCUT2D eigenvalue weighted by Gasteiger charge is -2.26. The van der Waals surface area contributed by atoms with Gasteiger partial charge in [-0.05, 0) is 66.4 Å². The van der Waals surface area contributed by atoms with E-state index in [0.717, 1.165) is 71.5 Å². The Balaban J connectivity index is 1.46. The number of nitrogens with zero attached hydrogens (tertiary/aromatic N) is 1. The number of carboxylic acids is 1. The van der Waals surface area contributed by atoms with Crippen molar-refractivity contribution in [3.8, 4) is 22.6 Å². The van der Waals surface area contributed by atoms with E-state index in [1.165, 1.54) is 0 Å². The van der Waals surface area contributed by atoms with E-state index in [1.807, 2.05) is 43.3 Å². The van der Waals surface area contributed by atoms with E-state index in [1.54, 1.807) is 11.8 Å². The number of hydrogen-bond acceptors (Lipinski definition) is 6. The highest BCUT2D eigenvalue weighted by Gasteiger charge is 2.11. The molecule has 1 fully saturated rings. The van der Waals surface area contributed by atoms with Gasteiger partial charge in [-0.2, -0.15) is 0 Å². The summed E-state index contributed by atoms with van der Waals surface area (Å²) in [6.07, 6.45) is 0.967. The van der Waals surface area contributed by atoms with Crippen LogP contribution in [0.15, 0.2) is 76.5 Å². The van der Waals surface area contributed by atoms with Crippen LogP contribution in [0.4, 0.5) is 0 Å². The summed E-state index contributed by atoms with van der Waals surface area (Å²) >= 11 is 1.65. The molecule has 1 N–H and O–H groups in total. The van der Waals surface area contributed by atoms with Gasteiger partial charge in [-0.15, -0.1) is 0 Å². The number of carbonyl (C=O) groups is 1. The summed E-state index contributed by atoms with van der Waals surface area (Å²) in [6.45, 7) is 6.85. The lowest BCUT2D eigenvalue weighted by atomic mass is 10.1. The van der Waals surface area contributed by atoms with Crippen LogP contribution in [0.1, 0.15) is 12.0 Å². The molecule has 0 aliphatic carbocycles. The standard InChI is InChI=1S/C28H31NO5S/c1-21-16-25(8-9-27(21)34-20-28(30)31)35-26-18-23(22-6-3-2-4-7-22)17-24(19-26)33-13-5-10-29-11-14-32-15-12-29/h2-4,6-9,16-19H,5,10-15,20H2,1H3,(H,30,31). The molecule has 0 aromatic heterocycles. The number of hydrogen-bond donors (Lipinski definition) is 1. The third-order valence-electron chi connectivity index (χ3n) is 5.71. The van der Waals surface area contributed by atoms with Crippen molar-refractivity contribution in [3.05, 3.63) is 72.3 Å². The summed E-state index contributed by atoms with van der Waals surface area (Å²) in [5.41, 5.74) is 3.15. The van der Waals surface area contributed by atoms with Crippen molar-refractivity contribution >= 4 is 17.7 Å². The van der Waals surface area contributed by atoms with Crippen LogP contribution in [-0.4, -0.2) is 62.0 Å². The molecular formula is C28H31NO5S. The average Bonchev–Trinajstić information content (AvgIpc) is 2.87. The topological polar surface area (TPSA) is 68.2 Å². The van der Waals surface area contributed by atoms with Gasteiger partial charge in [-0.25, -0.2) is 4.79 Å². The summed E-state index contributed by atoms with van der Waals surface area (Å²) in [5, 5.41) is 8.86. The van der Waals surface area contributed by atoms with Crippen molar-refractivity contribution in [1.29, 1.82) is 0 Å². The van der Waals surface area contributed by atoms with Crippen molar-refractivity contribution in [2.75, 3.05) is 46.1 Å². The first-order valence-corrected chi connectivity index (χ1v) is 12.6. The summed E-state index contributed by atoms with van der Waals surface area (Å²) in [7, 11) is 0. The second-order valence-electron chi connectivity index (χ2n) is 8.43. The van der Waals surface area contributed by atoms with Crippen LogP contribution in [0.2, 0.25) is 0 Å². The van der Waals surface area contributed by atoms with Crippen LogP contribution in [0.5, 0.6) is 11.5 Å². The third-order valence-corrected chi connectivity index (χ3v) is 6.67. The number of benzene rings is 3. The number of aryl methyl sites for hydroxylation is 1. The summed E-state index contributed by atoms with van der Waals surface area (Å²) in [6, 6.07) is 22.4. The maximum atomic E-state index is 10.8. The van der Waals surface area contributed by atoms with Gasteiger partial charge in [0.2, 0.25) is 0 Å². The minimum atomic E-state index is -0.988. The second-order valence-corrected chi connectivity index (χ2v) is 9.57. The molecule has 0 radical (unpaired) electrons. The SMILES string of the molecule is Cc1cc(Sc2cc(OCCCN3CCOCC3)cc(-c3ccccc3)c2)ccc1OCC(=O)O. The number of rotatable bonds is 11. The fourth-order valence-electron chi connectivity index (χ4n) is 3.94. The Kier molecular flexibility index (Phi) is 9.06. The molecule has 6 nitrogen and oxygen atoms in total. The van der Waals surface area contributed by atoms with E-state index < -0.39 is 5.97 Å². The van der Waals surface area contributed by atoms with Crippen molar-refractivity contribution < 1.29 is 24.1 Å². The fourth-order valence-corrected chi connectivity index (χ4v) is 4.94. The summed E-state index contributed by atoms with van der Waals surface area (Å²) in [4.78, 5) is 15.3. The highest BCUT2D eigenvalue weighted by Crippen LogP contribution is 2.36. The minimum Gasteiger partial charge on any atom is -0.493 e. The van der Waals surface area contributed by atoms with Gasteiger partial charge in [-0.3, -0.25) is 4.90 Å². The largest absolute Gasteiger partial charge is 0.493 e. The Morgan fingerprint density at radius 1 is 0.971 bits per heavy atom. The molecule has 0 bridgehead atoms. The molecule has 0 spiro atoms. The van der Waals surface area contributed by atoms with Gasteiger partial charge >= 0.3 is 5.97 Å². The highest BCUT2D eigenvalue weighted by atomic mass is 32.2. The molecule has 0 amide bonds. The molecule has 1 heterocycles. The zero-order valence-electron chi connectivity index (χ0n) is 19.9. The minimum absolute atomic E-state index is 0.349. The van der Waals surface area contributed by atoms with Crippen LogP contribution in [0.3, 0.4) is 0 Å². The van der Waals surface area contributed by atoms with Gasteiger partial charge in [0, 0.05) is 29.4 Å². The Labute approximate surface area is 210 Å². The zero-order valence-corrected chi connectivity index (χ0v) is 20.8. The molecule has 7 heteroatoms. The van der Waals surface area contributed by atoms with E-state index in [9.17, 15) is 4.79 Å². The zero-order chi connectivity index (χ0) is 24.5. The maximum Gasteiger partial charge on any atom is 0.341 e. The van der Waals surface area contributed by atoms with Crippen LogP contribution in [-0.2, 0) is 9.53 Å². The normalized spacial score (nSPS) is 14.0. The quantitative estimate of drug-likeness (QED) is 0.360. The molecule has 0 atom stereocenters. The van der Waals surface area contributed by atoms with E-state index in [4.69, 9.17) is 19.3 Å². The van der Waals surface area contributed by atoms with E-state index in [0.29, 0.717) is 12.4 Å². The number of morpholine rings is 1. The maximum absolute atomic E-state index is 10.8. The van der Waals surface area contributed by atoms with Gasteiger partial charge in [0.25, 0.3) is 0 Å². The fraction of sp³-hybridized carbons (Fsp3) is 0.321. The lowest BCUT2D eigenvalue weighted by molar-refractivity contribution is -0.139. The predicted octanol–water partition coefficient (Wildman–Crippen LogP) is 5.38. The molecule has 1 aliphatic heterocycles. The molecule has 35 heavy (non-hydrogen) atoms. The van der Waals surface area contributed by atoms with Gasteiger partial charge in [-0.1, -0.05) is 42.1 Å². The van der Waals surface area contributed by atoms with Crippen molar-refractivity contribution in [1.82, 2.24) is 4.90 Å². The second kappa shape index (κ2) is 12.6. The van der Waals surface area contributed by atoms with Gasteiger partial charge in [0.1, 0.15) is 11.5 Å². The molecule has 4 rings (SSSR count). The molecule has 1 saturated heterocycles. The smallest absolute Gasteiger partial charge is 0.341 e. The van der Waals surface area contributed by atoms with E-state index in [2.05, 4.69) is 35.2 Å². The van der Waals surface area contributed by atoms with Gasteiger partial charge in [0.15, 0.2) is 6.61 Å². The first kappa shape index (κ1) is 25.1. The summed E-state index contributed by atoms with van der Waals surface area (Å²) < 4.78 is 17.0. The van der Waals surface area contributed by atoms with Crippen molar-refractivity contribution in [2.45, 2.75) is 23.1 Å². The van der Waals surface area contributed by atoms with Gasteiger partial charge < -0.3 is 19.3 Å². The first-order chi connectivity index (χ1) is 17.1. The van der Waals surface area contributed by atoms with Crippen LogP contribution >= 0.6 is 11.8 Å². The Morgan fingerprint density at radius 2 is 1.77 bits per heavy atom. The monoisotopic (exact) mass is 493 g/mol. The van der Waals surface area contributed by atoms with Gasteiger partial charge in [0.05, 0.1) is 19.8 Å². The highest BCUT2D eigenvalue weighted by molar-refractivity contribution is 7.99. The molecule has 3 aromatic rings. The number of carboxylic acid groups (broad SMARTS) is 1. The average molecular weight is 494 g/mol. The molecule has 184 valence electrons. The van der Waals surface area contributed by atoms with Crippen LogP contribution in [0.25, 0.3) is 11.1 Å². The van der Waals surface area contributed by atoms with E-state index >= 15 is 0 Å². The Morgan fingerprint density at radius 3 is 2.51 bits per heavy atom. The Bertz CT molecular complexity index is 1120. The lowest BCUT2D eigenvalue weighted by Crippen LogP contribution is -2.37. The molecule has 3 aromatic carbocycles. The molecule has 0 unspecified atom stereocenters. The van der Waals surface area contributed by atoms with Crippen LogP contribution < -0.4 is 9.47 Å².